The van der Waals surface area contributed by atoms with Gasteiger partial charge in [-0.25, -0.2) is 0 Å². The molecule has 0 aliphatic rings. The highest BCUT2D eigenvalue weighted by Gasteiger charge is 2.22. The van der Waals surface area contributed by atoms with Gasteiger partial charge >= 0.3 is 0 Å². The topological polar surface area (TPSA) is 8.17 Å². The number of fused-ring (bicyclic) bond motifs is 3. The molecule has 62 heavy (non-hydrogen) atoms. The van der Waals surface area contributed by atoms with Crippen molar-refractivity contribution in [2.24, 2.45) is 0 Å². The zero-order chi connectivity index (χ0) is 41.2. The molecule has 0 fully saturated rings. The first-order chi connectivity index (χ1) is 30.8. The first kappa shape index (κ1) is 36.8. The molecule has 2 nitrogen and oxygen atoms in total. The van der Waals surface area contributed by atoms with Crippen molar-refractivity contribution in [1.29, 1.82) is 0 Å². The highest BCUT2D eigenvalue weighted by molar-refractivity contribution is 6.16. The van der Waals surface area contributed by atoms with E-state index in [1.165, 1.54) is 60.8 Å². The number of benzene rings is 10. The van der Waals surface area contributed by atoms with Gasteiger partial charge in [-0.05, 0) is 105 Å². The van der Waals surface area contributed by atoms with E-state index in [0.717, 1.165) is 39.4 Å². The summed E-state index contributed by atoms with van der Waals surface area (Å²) >= 11 is 0. The van der Waals surface area contributed by atoms with Gasteiger partial charge in [0.1, 0.15) is 0 Å². The molecule has 0 atom stereocenters. The molecular formula is C60H42N2. The third-order valence-electron chi connectivity index (χ3n) is 12.0. The summed E-state index contributed by atoms with van der Waals surface area (Å²) in [7, 11) is 0. The average molecular weight is 791 g/mol. The number of hydrogen-bond acceptors (Lipinski definition) is 1. The quantitative estimate of drug-likeness (QED) is 0.141. The second-order valence-electron chi connectivity index (χ2n) is 15.7. The second kappa shape index (κ2) is 16.1. The summed E-state index contributed by atoms with van der Waals surface area (Å²) in [6.45, 7) is 0. The van der Waals surface area contributed by atoms with Gasteiger partial charge in [0.15, 0.2) is 0 Å². The molecule has 0 spiro atoms. The van der Waals surface area contributed by atoms with Gasteiger partial charge in [-0.15, -0.1) is 0 Å². The fourth-order valence-electron chi connectivity index (χ4n) is 9.25. The first-order valence-corrected chi connectivity index (χ1v) is 21.3. The summed E-state index contributed by atoms with van der Waals surface area (Å²) in [6, 6.07) is 92.1. The Kier molecular flexibility index (Phi) is 9.57. The molecule has 292 valence electrons. The lowest BCUT2D eigenvalue weighted by Gasteiger charge is -2.29. The first-order valence-electron chi connectivity index (χ1n) is 21.3. The molecule has 0 aliphatic heterocycles. The lowest BCUT2D eigenvalue weighted by molar-refractivity contribution is 1.18. The molecule has 0 amide bonds. The monoisotopic (exact) mass is 790 g/mol. The molecule has 0 N–H and O–H groups in total. The van der Waals surface area contributed by atoms with Crippen molar-refractivity contribution < 1.29 is 0 Å². The summed E-state index contributed by atoms with van der Waals surface area (Å²) in [4.78, 5) is 2.44. The fraction of sp³-hybridized carbons (Fsp3) is 0. The minimum atomic E-state index is 1.08. The van der Waals surface area contributed by atoms with Crippen LogP contribution in [0.5, 0.6) is 0 Å². The van der Waals surface area contributed by atoms with Gasteiger partial charge in [0.2, 0.25) is 0 Å². The van der Waals surface area contributed by atoms with Crippen LogP contribution in [0.1, 0.15) is 0 Å². The zero-order valence-electron chi connectivity index (χ0n) is 34.1. The molecule has 0 unspecified atom stereocenters. The van der Waals surface area contributed by atoms with Gasteiger partial charge < -0.3 is 9.47 Å². The largest absolute Gasteiger partial charge is 0.310 e. The third kappa shape index (κ3) is 6.65. The van der Waals surface area contributed by atoms with Gasteiger partial charge in [-0.1, -0.05) is 200 Å². The zero-order valence-corrected chi connectivity index (χ0v) is 34.1. The minimum Gasteiger partial charge on any atom is -0.310 e. The van der Waals surface area contributed by atoms with E-state index in [1.807, 2.05) is 0 Å². The maximum atomic E-state index is 2.44. The highest BCUT2D eigenvalue weighted by Crippen LogP contribution is 2.47. The number of rotatable bonds is 9. The van der Waals surface area contributed by atoms with Crippen LogP contribution in [0.25, 0.3) is 83.1 Å². The lowest BCUT2D eigenvalue weighted by atomic mass is 9.88. The van der Waals surface area contributed by atoms with Crippen LogP contribution in [0.3, 0.4) is 0 Å². The van der Waals surface area contributed by atoms with Crippen LogP contribution in [-0.2, 0) is 0 Å². The van der Waals surface area contributed by atoms with E-state index in [2.05, 4.69) is 264 Å². The number of aromatic nitrogens is 1. The minimum absolute atomic E-state index is 1.08. The van der Waals surface area contributed by atoms with Crippen LogP contribution >= 0.6 is 0 Å². The van der Waals surface area contributed by atoms with Crippen molar-refractivity contribution in [3.8, 4) is 61.3 Å². The standard InChI is InChI=1S/C60H42N2/c1-4-21-43(22-5-1)45-25-18-29-48(41-45)61(57-38-16-14-35-55(57)54-34-13-12-33-53(54)52-32-11-10-31-50(52)44-23-6-2-7-24-44)49-30-19-26-46(42-49)51-37-20-40-59-60(51)56-36-15-17-39-58(56)62(59)47-27-8-3-9-28-47/h1-42H. The van der Waals surface area contributed by atoms with Crippen molar-refractivity contribution in [2.75, 3.05) is 4.90 Å². The van der Waals surface area contributed by atoms with E-state index in [4.69, 9.17) is 0 Å². The van der Waals surface area contributed by atoms with Crippen LogP contribution in [0.2, 0.25) is 0 Å². The highest BCUT2D eigenvalue weighted by atomic mass is 15.1. The SMILES string of the molecule is c1ccc(-c2cccc(N(c3cccc(-c4cccc5c4c4ccccc4n5-c4ccccc4)c3)c3ccccc3-c3ccccc3-c3ccccc3-c3ccccc3)c2)cc1. The number of anilines is 3. The lowest BCUT2D eigenvalue weighted by Crippen LogP contribution is -2.11. The number of para-hydroxylation sites is 3. The Balaban J connectivity index is 1.12. The molecule has 0 saturated heterocycles. The van der Waals surface area contributed by atoms with Crippen molar-refractivity contribution in [3.05, 3.63) is 255 Å². The van der Waals surface area contributed by atoms with Gasteiger partial charge in [0, 0.05) is 33.4 Å². The Morgan fingerprint density at radius 1 is 0.274 bits per heavy atom. The van der Waals surface area contributed by atoms with E-state index >= 15 is 0 Å². The Morgan fingerprint density at radius 2 is 0.726 bits per heavy atom. The average Bonchev–Trinajstić information content (AvgIpc) is 3.70. The normalized spacial score (nSPS) is 11.2. The Morgan fingerprint density at radius 3 is 1.44 bits per heavy atom. The maximum absolute atomic E-state index is 2.44. The van der Waals surface area contributed by atoms with Gasteiger partial charge in [0.25, 0.3) is 0 Å². The number of hydrogen-bond donors (Lipinski definition) is 0. The second-order valence-corrected chi connectivity index (χ2v) is 15.7. The molecule has 0 bridgehead atoms. The van der Waals surface area contributed by atoms with Crippen molar-refractivity contribution in [2.45, 2.75) is 0 Å². The van der Waals surface area contributed by atoms with Crippen LogP contribution in [0, 0.1) is 0 Å². The van der Waals surface area contributed by atoms with E-state index in [0.29, 0.717) is 0 Å². The van der Waals surface area contributed by atoms with Crippen LogP contribution in [-0.4, -0.2) is 4.57 Å². The van der Waals surface area contributed by atoms with Crippen molar-refractivity contribution >= 4 is 38.9 Å². The van der Waals surface area contributed by atoms with E-state index in [-0.39, 0.29) is 0 Å². The predicted octanol–water partition coefficient (Wildman–Crippen LogP) is 16.6. The summed E-state index contributed by atoms with van der Waals surface area (Å²) < 4.78 is 2.39. The molecule has 11 aromatic rings. The number of nitrogens with zero attached hydrogens (tertiary/aromatic N) is 2. The summed E-state index contributed by atoms with van der Waals surface area (Å²) in [6.07, 6.45) is 0. The summed E-state index contributed by atoms with van der Waals surface area (Å²) in [5, 5.41) is 2.48. The van der Waals surface area contributed by atoms with Crippen molar-refractivity contribution in [1.82, 2.24) is 4.57 Å². The molecule has 1 aromatic heterocycles. The molecule has 10 aromatic carbocycles. The maximum Gasteiger partial charge on any atom is 0.0547 e. The molecule has 2 heteroatoms. The predicted molar refractivity (Wildman–Crippen MR) is 263 cm³/mol. The summed E-state index contributed by atoms with van der Waals surface area (Å²) in [5.74, 6) is 0. The molecule has 1 heterocycles. The summed E-state index contributed by atoms with van der Waals surface area (Å²) in [5.41, 5.74) is 18.6. The van der Waals surface area contributed by atoms with Crippen LogP contribution in [0.15, 0.2) is 255 Å². The van der Waals surface area contributed by atoms with E-state index in [9.17, 15) is 0 Å². The third-order valence-corrected chi connectivity index (χ3v) is 12.0. The van der Waals surface area contributed by atoms with Crippen molar-refractivity contribution in [3.63, 3.8) is 0 Å². The van der Waals surface area contributed by atoms with E-state index in [1.54, 1.807) is 0 Å². The molecule has 0 saturated carbocycles. The van der Waals surface area contributed by atoms with Gasteiger partial charge in [0.05, 0.1) is 16.7 Å². The smallest absolute Gasteiger partial charge is 0.0547 e. The Hall–Kier alpha value is -8.20. The van der Waals surface area contributed by atoms with Crippen LogP contribution in [0.4, 0.5) is 17.1 Å². The molecule has 0 aliphatic carbocycles. The molecular weight excluding hydrogens is 749 g/mol. The molecule has 0 radical (unpaired) electrons. The molecule has 11 rings (SSSR count). The van der Waals surface area contributed by atoms with Gasteiger partial charge in [-0.2, -0.15) is 0 Å². The fourth-order valence-corrected chi connectivity index (χ4v) is 9.25. The van der Waals surface area contributed by atoms with E-state index < -0.39 is 0 Å². The van der Waals surface area contributed by atoms with Crippen LogP contribution < -0.4 is 4.90 Å². The Bertz CT molecular complexity index is 3350. The Labute approximate surface area is 362 Å². The van der Waals surface area contributed by atoms with Gasteiger partial charge in [-0.3, -0.25) is 0 Å².